The molecule has 3 N–H and O–H groups in total. The van der Waals surface area contributed by atoms with Gasteiger partial charge in [-0.2, -0.15) is 0 Å². The number of pyridine rings is 1. The Morgan fingerprint density at radius 3 is 2.81 bits per heavy atom. The Morgan fingerprint density at radius 1 is 1.22 bits per heavy atom. The number of aliphatic hydroxyl groups is 2. The van der Waals surface area contributed by atoms with E-state index in [0.29, 0.717) is 38.2 Å². The average Bonchev–Trinajstić information content (AvgIpc) is 2.90. The smallest absolute Gasteiger partial charge is 0.259 e. The first-order chi connectivity index (χ1) is 17.5. The lowest BCUT2D eigenvalue weighted by molar-refractivity contribution is 0.0471. The molecule has 1 aromatic heterocycles. The second kappa shape index (κ2) is 12.3. The molecule has 2 heterocycles. The minimum atomic E-state index is -1.20. The van der Waals surface area contributed by atoms with E-state index in [1.165, 1.54) is 23.3 Å². The number of carbonyl (C=O) groups is 1. The van der Waals surface area contributed by atoms with Crippen LogP contribution in [-0.4, -0.2) is 58.4 Å². The number of hydrogen-bond acceptors (Lipinski definition) is 6. The van der Waals surface area contributed by atoms with Crippen LogP contribution in [0.15, 0.2) is 53.1 Å². The number of piperidine rings is 1. The van der Waals surface area contributed by atoms with E-state index in [0.717, 1.165) is 24.8 Å². The molecule has 2 aliphatic rings. The van der Waals surface area contributed by atoms with Crippen molar-refractivity contribution in [3.8, 4) is 5.75 Å². The van der Waals surface area contributed by atoms with Crippen LogP contribution in [0.4, 0.5) is 0 Å². The van der Waals surface area contributed by atoms with Crippen molar-refractivity contribution in [2.75, 3.05) is 26.7 Å². The van der Waals surface area contributed by atoms with Gasteiger partial charge in [0.25, 0.3) is 5.91 Å². The molecular formula is C28H37N3O5. The van der Waals surface area contributed by atoms with Gasteiger partial charge in [0.15, 0.2) is 0 Å². The number of likely N-dealkylation sites (tertiary alicyclic amines) is 1. The number of nitrogens with one attached hydrogen (secondary N) is 1. The molecule has 1 aromatic carbocycles. The highest BCUT2D eigenvalue weighted by Gasteiger charge is 2.27. The highest BCUT2D eigenvalue weighted by molar-refractivity contribution is 5.94. The summed E-state index contributed by atoms with van der Waals surface area (Å²) in [6.07, 6.45) is 10.3. The second-order valence-electron chi connectivity index (χ2n) is 9.70. The highest BCUT2D eigenvalue weighted by Crippen LogP contribution is 2.21. The number of nitrogens with zero attached hydrogens (tertiary/aromatic N) is 2. The highest BCUT2D eigenvalue weighted by atomic mass is 16.5. The predicted molar refractivity (Wildman–Crippen MR) is 138 cm³/mol. The molecule has 36 heavy (non-hydrogen) atoms. The number of ether oxygens (including phenoxy) is 1. The number of para-hydroxylation sites is 1. The molecule has 1 amide bonds. The molecule has 0 radical (unpaired) electrons. The Bertz CT molecular complexity index is 1140. The molecule has 1 fully saturated rings. The van der Waals surface area contributed by atoms with Gasteiger partial charge in [0.1, 0.15) is 17.5 Å². The van der Waals surface area contributed by atoms with Crippen LogP contribution in [0.1, 0.15) is 72.7 Å². The molecular weight excluding hydrogens is 458 g/mol. The first-order valence-corrected chi connectivity index (χ1v) is 12.9. The molecule has 1 aliphatic heterocycles. The van der Waals surface area contributed by atoms with Crippen molar-refractivity contribution in [2.24, 2.45) is 0 Å². The molecule has 2 atom stereocenters. The van der Waals surface area contributed by atoms with E-state index in [4.69, 9.17) is 4.74 Å². The maximum absolute atomic E-state index is 13.4. The first kappa shape index (κ1) is 26.1. The van der Waals surface area contributed by atoms with Crippen molar-refractivity contribution >= 4 is 5.91 Å². The topological polar surface area (TPSA) is 104 Å². The van der Waals surface area contributed by atoms with Gasteiger partial charge in [-0.25, -0.2) is 0 Å². The van der Waals surface area contributed by atoms with Gasteiger partial charge in [0.05, 0.1) is 25.3 Å². The zero-order valence-corrected chi connectivity index (χ0v) is 21.0. The minimum Gasteiger partial charge on any atom is -0.496 e. The Hall–Kier alpha value is -2.94. The molecule has 2 unspecified atom stereocenters. The summed E-state index contributed by atoms with van der Waals surface area (Å²) >= 11 is 0. The molecule has 194 valence electrons. The number of carbonyl (C=O) groups excluding carboxylic acids is 1. The zero-order chi connectivity index (χ0) is 25.5. The number of hydrogen-bond donors (Lipinski definition) is 3. The van der Waals surface area contributed by atoms with Crippen LogP contribution in [-0.2, 0) is 6.54 Å². The number of rotatable bonds is 9. The van der Waals surface area contributed by atoms with Gasteiger partial charge >= 0.3 is 0 Å². The van der Waals surface area contributed by atoms with Gasteiger partial charge in [-0.15, -0.1) is 0 Å². The van der Waals surface area contributed by atoms with Crippen molar-refractivity contribution in [1.82, 2.24) is 14.8 Å². The van der Waals surface area contributed by atoms with Crippen molar-refractivity contribution in [3.63, 3.8) is 0 Å². The third kappa shape index (κ3) is 6.43. The van der Waals surface area contributed by atoms with E-state index in [1.54, 1.807) is 24.1 Å². The van der Waals surface area contributed by atoms with E-state index < -0.39 is 23.7 Å². The van der Waals surface area contributed by atoms with E-state index in [9.17, 15) is 19.8 Å². The quantitative estimate of drug-likeness (QED) is 0.365. The van der Waals surface area contributed by atoms with E-state index in [2.05, 4.69) is 11.4 Å². The third-order valence-electron chi connectivity index (χ3n) is 7.03. The SMILES string of the molecule is COc1ccccc1Cn1cc(C(=O)N2CCCC(O)C2)c(=O)c(C(O)NCCC2=CCCCC2)c1. The number of allylic oxidation sites excluding steroid dienone is 1. The lowest BCUT2D eigenvalue weighted by Gasteiger charge is -2.30. The molecule has 8 nitrogen and oxygen atoms in total. The molecule has 1 aliphatic carbocycles. The van der Waals surface area contributed by atoms with Crippen LogP contribution < -0.4 is 15.5 Å². The summed E-state index contributed by atoms with van der Waals surface area (Å²) in [7, 11) is 1.60. The summed E-state index contributed by atoms with van der Waals surface area (Å²) < 4.78 is 7.22. The second-order valence-corrected chi connectivity index (χ2v) is 9.70. The Labute approximate surface area is 212 Å². The van der Waals surface area contributed by atoms with E-state index >= 15 is 0 Å². The number of amides is 1. The summed E-state index contributed by atoms with van der Waals surface area (Å²) in [6.45, 7) is 1.59. The van der Waals surface area contributed by atoms with Crippen LogP contribution >= 0.6 is 0 Å². The minimum absolute atomic E-state index is 0.00710. The van der Waals surface area contributed by atoms with E-state index in [1.807, 2.05) is 24.3 Å². The van der Waals surface area contributed by atoms with Crippen molar-refractivity contribution < 1.29 is 19.7 Å². The van der Waals surface area contributed by atoms with E-state index in [-0.39, 0.29) is 17.7 Å². The monoisotopic (exact) mass is 495 g/mol. The summed E-state index contributed by atoms with van der Waals surface area (Å²) in [5.74, 6) is 0.276. The fourth-order valence-corrected chi connectivity index (χ4v) is 5.04. The van der Waals surface area contributed by atoms with Crippen LogP contribution in [0.25, 0.3) is 0 Å². The van der Waals surface area contributed by atoms with Crippen molar-refractivity contribution in [3.05, 3.63) is 75.2 Å². The first-order valence-electron chi connectivity index (χ1n) is 12.9. The van der Waals surface area contributed by atoms with Crippen LogP contribution in [0.2, 0.25) is 0 Å². The molecule has 2 aromatic rings. The Kier molecular flexibility index (Phi) is 8.96. The number of benzene rings is 1. The van der Waals surface area contributed by atoms with Crippen molar-refractivity contribution in [1.29, 1.82) is 0 Å². The standard InChI is InChI=1S/C28H37N3O5/c1-36-25-12-6-5-10-21(25)16-30-18-23(27(34)29-14-13-20-8-3-2-4-9-20)26(33)24(19-30)28(35)31-15-7-11-22(32)17-31/h5-6,8,10,12,18-19,22,27,29,32,34H,2-4,7,9,11,13-17H2,1H3. The number of β-amino-alcohol motifs (C(OH)–C–C–N with tert-alkyl or cyclic N) is 1. The fourth-order valence-electron chi connectivity index (χ4n) is 5.04. The average molecular weight is 496 g/mol. The maximum Gasteiger partial charge on any atom is 0.259 e. The Morgan fingerprint density at radius 2 is 2.06 bits per heavy atom. The van der Waals surface area contributed by atoms with Crippen LogP contribution in [0, 0.1) is 0 Å². The van der Waals surface area contributed by atoms with Crippen LogP contribution in [0.3, 0.4) is 0 Å². The molecule has 1 saturated heterocycles. The fraction of sp³-hybridized carbons (Fsp3) is 0.500. The lowest BCUT2D eigenvalue weighted by atomic mass is 9.97. The summed E-state index contributed by atoms with van der Waals surface area (Å²) in [4.78, 5) is 28.3. The zero-order valence-electron chi connectivity index (χ0n) is 21.0. The number of aliphatic hydroxyl groups excluding tert-OH is 2. The molecule has 4 rings (SSSR count). The molecule has 0 saturated carbocycles. The van der Waals surface area contributed by atoms with Gasteiger partial charge in [0, 0.05) is 37.6 Å². The maximum atomic E-state index is 13.4. The summed E-state index contributed by atoms with van der Waals surface area (Å²) in [6, 6.07) is 7.56. The number of aromatic nitrogens is 1. The predicted octanol–water partition coefficient (Wildman–Crippen LogP) is 2.97. The molecule has 8 heteroatoms. The van der Waals surface area contributed by atoms with Gasteiger partial charge < -0.3 is 24.4 Å². The largest absolute Gasteiger partial charge is 0.496 e. The molecule has 0 spiro atoms. The normalized spacial score (nSPS) is 19.0. The van der Waals surface area contributed by atoms with Crippen molar-refractivity contribution in [2.45, 2.75) is 63.8 Å². The van der Waals surface area contributed by atoms with Gasteiger partial charge in [0.2, 0.25) is 5.43 Å². The van der Waals surface area contributed by atoms with Gasteiger partial charge in [-0.05, 0) is 51.0 Å². The van der Waals surface area contributed by atoms with Gasteiger partial charge in [-0.3, -0.25) is 14.9 Å². The lowest BCUT2D eigenvalue weighted by Crippen LogP contribution is -2.44. The Balaban J connectivity index is 1.61. The molecule has 0 bridgehead atoms. The summed E-state index contributed by atoms with van der Waals surface area (Å²) in [5.41, 5.74) is 1.89. The summed E-state index contributed by atoms with van der Waals surface area (Å²) in [5, 5.41) is 24.1. The third-order valence-corrected chi connectivity index (χ3v) is 7.03. The number of methoxy groups -OCH3 is 1. The van der Waals surface area contributed by atoms with Gasteiger partial charge in [-0.1, -0.05) is 29.8 Å². The van der Waals surface area contributed by atoms with Crippen LogP contribution in [0.5, 0.6) is 5.75 Å².